The van der Waals surface area contributed by atoms with Gasteiger partial charge in [0, 0.05) is 6.54 Å². The van der Waals surface area contributed by atoms with Crippen molar-refractivity contribution in [1.82, 2.24) is 4.90 Å². The Bertz CT molecular complexity index is 1200. The van der Waals surface area contributed by atoms with Gasteiger partial charge >= 0.3 is 12.1 Å². The average Bonchev–Trinajstić information content (AvgIpc) is 2.89. The molecule has 0 aliphatic rings. The van der Waals surface area contributed by atoms with Crippen molar-refractivity contribution in [2.45, 2.75) is 52.4 Å². The number of carbonyl (C=O) groups excluding carboxylic acids is 3. The quantitative estimate of drug-likeness (QED) is 0.280. The summed E-state index contributed by atoms with van der Waals surface area (Å²) in [6, 6.07) is 9.74. The number of esters is 1. The van der Waals surface area contributed by atoms with Crippen LogP contribution in [0.15, 0.2) is 55.6 Å². The van der Waals surface area contributed by atoms with Gasteiger partial charge < -0.3 is 24.3 Å². The van der Waals surface area contributed by atoms with Crippen LogP contribution in [0.5, 0.6) is 11.5 Å². The van der Waals surface area contributed by atoms with E-state index in [1.54, 1.807) is 46.1 Å². The minimum Gasteiger partial charge on any atom is -0.497 e. The molecule has 39 heavy (non-hydrogen) atoms. The fraction of sp³-hybridized carbons (Fsp3) is 0.367. The van der Waals surface area contributed by atoms with Gasteiger partial charge in [0.1, 0.15) is 29.7 Å². The first-order chi connectivity index (χ1) is 18.4. The van der Waals surface area contributed by atoms with E-state index < -0.39 is 29.6 Å². The second-order valence-corrected chi connectivity index (χ2v) is 9.76. The average molecular weight is 539 g/mol. The zero-order valence-corrected chi connectivity index (χ0v) is 23.5. The lowest BCUT2D eigenvalue weighted by Crippen LogP contribution is -2.50. The lowest BCUT2D eigenvalue weighted by molar-refractivity contribution is -0.143. The van der Waals surface area contributed by atoms with Crippen molar-refractivity contribution in [2.75, 3.05) is 26.1 Å². The topological polar surface area (TPSA) is 103 Å². The summed E-state index contributed by atoms with van der Waals surface area (Å²) in [6.07, 6.45) is 2.02. The molecule has 9 nitrogen and oxygen atoms in total. The van der Waals surface area contributed by atoms with Crippen LogP contribution in [0.3, 0.4) is 0 Å². The van der Waals surface area contributed by atoms with Crippen LogP contribution in [-0.2, 0) is 25.7 Å². The Morgan fingerprint density at radius 2 is 1.82 bits per heavy atom. The maximum absolute atomic E-state index is 13.6. The SMILES string of the molecule is C=CCN(C(=O)OC(C)(C)C)C(CC(=O)OC)C(=O)Nc1c(C)cccc1OCc1cc(C=C)cc(OC)c1. The third-order valence-corrected chi connectivity index (χ3v) is 5.56. The molecule has 210 valence electrons. The molecule has 1 atom stereocenters. The first kappa shape index (κ1) is 31.0. The lowest BCUT2D eigenvalue weighted by atomic mass is 10.1. The van der Waals surface area contributed by atoms with Crippen LogP contribution in [0.1, 0.15) is 43.9 Å². The number of benzene rings is 2. The Morgan fingerprint density at radius 1 is 1.10 bits per heavy atom. The third-order valence-electron chi connectivity index (χ3n) is 5.56. The van der Waals surface area contributed by atoms with Crippen molar-refractivity contribution >= 4 is 29.7 Å². The summed E-state index contributed by atoms with van der Waals surface area (Å²) in [6.45, 7) is 14.6. The predicted molar refractivity (Wildman–Crippen MR) is 151 cm³/mol. The van der Waals surface area contributed by atoms with Crippen LogP contribution >= 0.6 is 0 Å². The highest BCUT2D eigenvalue weighted by Gasteiger charge is 2.35. The van der Waals surface area contributed by atoms with Gasteiger partial charge in [0.05, 0.1) is 26.3 Å². The Balaban J connectivity index is 2.38. The Kier molecular flexibility index (Phi) is 11.1. The van der Waals surface area contributed by atoms with Gasteiger partial charge in [0.2, 0.25) is 5.91 Å². The summed E-state index contributed by atoms with van der Waals surface area (Å²) in [4.78, 5) is 40.0. The molecule has 2 aromatic carbocycles. The molecular weight excluding hydrogens is 500 g/mol. The van der Waals surface area contributed by atoms with Gasteiger partial charge in [0.25, 0.3) is 0 Å². The molecule has 2 aromatic rings. The fourth-order valence-corrected chi connectivity index (χ4v) is 3.67. The molecule has 1 unspecified atom stereocenters. The number of ether oxygens (including phenoxy) is 4. The summed E-state index contributed by atoms with van der Waals surface area (Å²) >= 11 is 0. The zero-order chi connectivity index (χ0) is 29.2. The van der Waals surface area contributed by atoms with E-state index in [1.807, 2.05) is 31.2 Å². The molecule has 9 heteroatoms. The molecule has 0 saturated carbocycles. The molecule has 0 spiro atoms. The molecule has 0 aromatic heterocycles. The molecular formula is C30H38N2O7. The second-order valence-electron chi connectivity index (χ2n) is 9.76. The smallest absolute Gasteiger partial charge is 0.411 e. The molecule has 2 amide bonds. The third kappa shape index (κ3) is 9.21. The highest BCUT2D eigenvalue weighted by Crippen LogP contribution is 2.30. The summed E-state index contributed by atoms with van der Waals surface area (Å²) < 4.78 is 21.7. The Hall–Kier alpha value is -4.27. The van der Waals surface area contributed by atoms with E-state index in [0.717, 1.165) is 21.6 Å². The molecule has 2 rings (SSSR count). The van der Waals surface area contributed by atoms with Crippen LogP contribution in [0, 0.1) is 6.92 Å². The van der Waals surface area contributed by atoms with Gasteiger partial charge in [-0.05, 0) is 68.7 Å². The van der Waals surface area contributed by atoms with Gasteiger partial charge in [-0.15, -0.1) is 6.58 Å². The van der Waals surface area contributed by atoms with E-state index in [2.05, 4.69) is 18.5 Å². The maximum Gasteiger partial charge on any atom is 0.411 e. The van der Waals surface area contributed by atoms with Crippen LogP contribution < -0.4 is 14.8 Å². The van der Waals surface area contributed by atoms with E-state index in [-0.39, 0.29) is 19.6 Å². The van der Waals surface area contributed by atoms with Crippen molar-refractivity contribution < 1.29 is 33.3 Å². The monoisotopic (exact) mass is 538 g/mol. The molecule has 0 aliphatic heterocycles. The molecule has 1 N–H and O–H groups in total. The number of nitrogens with zero attached hydrogens (tertiary/aromatic N) is 1. The van der Waals surface area contributed by atoms with Gasteiger partial charge in [-0.1, -0.05) is 30.9 Å². The number of carbonyl (C=O) groups is 3. The number of amides is 2. The van der Waals surface area contributed by atoms with Crippen molar-refractivity contribution in [1.29, 1.82) is 0 Å². The minimum atomic E-state index is -1.23. The number of rotatable bonds is 12. The van der Waals surface area contributed by atoms with E-state index in [9.17, 15) is 14.4 Å². The normalized spacial score (nSPS) is 11.5. The van der Waals surface area contributed by atoms with Crippen LogP contribution in [-0.4, -0.2) is 55.3 Å². The van der Waals surface area contributed by atoms with Crippen molar-refractivity contribution in [3.63, 3.8) is 0 Å². The Labute approximate surface area is 230 Å². The maximum atomic E-state index is 13.6. The van der Waals surface area contributed by atoms with Gasteiger partial charge in [-0.2, -0.15) is 0 Å². The predicted octanol–water partition coefficient (Wildman–Crippen LogP) is 5.52. The number of methoxy groups -OCH3 is 2. The van der Waals surface area contributed by atoms with Crippen molar-refractivity contribution in [3.8, 4) is 11.5 Å². The summed E-state index contributed by atoms with van der Waals surface area (Å²) in [5, 5.41) is 2.85. The second kappa shape index (κ2) is 14.0. The molecule has 0 bridgehead atoms. The van der Waals surface area contributed by atoms with Crippen LogP contribution in [0.4, 0.5) is 10.5 Å². The van der Waals surface area contributed by atoms with E-state index in [4.69, 9.17) is 18.9 Å². The summed E-state index contributed by atoms with van der Waals surface area (Å²) in [7, 11) is 2.80. The highest BCUT2D eigenvalue weighted by atomic mass is 16.6. The number of aryl methyl sites for hydroxylation is 1. The van der Waals surface area contributed by atoms with E-state index in [1.165, 1.54) is 13.2 Å². The molecule has 0 fully saturated rings. The van der Waals surface area contributed by atoms with Crippen molar-refractivity contribution in [3.05, 3.63) is 72.3 Å². The minimum absolute atomic E-state index is 0.0252. The number of hydrogen-bond donors (Lipinski definition) is 1. The largest absolute Gasteiger partial charge is 0.497 e. The van der Waals surface area contributed by atoms with Crippen LogP contribution in [0.25, 0.3) is 6.08 Å². The van der Waals surface area contributed by atoms with E-state index >= 15 is 0 Å². The zero-order valence-electron chi connectivity index (χ0n) is 23.5. The molecule has 0 saturated heterocycles. The van der Waals surface area contributed by atoms with E-state index in [0.29, 0.717) is 17.2 Å². The molecule has 0 aliphatic carbocycles. The molecule has 0 heterocycles. The number of nitrogens with one attached hydrogen (secondary N) is 1. The first-order valence-electron chi connectivity index (χ1n) is 12.4. The number of para-hydroxylation sites is 1. The molecule has 0 radical (unpaired) electrons. The van der Waals surface area contributed by atoms with Crippen LogP contribution in [0.2, 0.25) is 0 Å². The standard InChI is InChI=1S/C30H38N2O7/c1-9-14-32(29(35)39-30(4,5)6)24(18-26(33)37-8)28(34)31-27-20(3)12-11-13-25(27)38-19-22-15-21(10-2)16-23(17-22)36-7/h9-13,15-17,24H,1-2,14,18-19H2,3-8H3,(H,31,34). The summed E-state index contributed by atoms with van der Waals surface area (Å²) in [5.74, 6) is -0.192. The van der Waals surface area contributed by atoms with Gasteiger partial charge in [0.15, 0.2) is 0 Å². The van der Waals surface area contributed by atoms with Crippen molar-refractivity contribution in [2.24, 2.45) is 0 Å². The number of hydrogen-bond acceptors (Lipinski definition) is 7. The van der Waals surface area contributed by atoms with Gasteiger partial charge in [-0.25, -0.2) is 4.79 Å². The van der Waals surface area contributed by atoms with Gasteiger partial charge in [-0.3, -0.25) is 14.5 Å². The lowest BCUT2D eigenvalue weighted by Gasteiger charge is -2.32. The Morgan fingerprint density at radius 3 is 2.41 bits per heavy atom. The fourth-order valence-electron chi connectivity index (χ4n) is 3.67. The number of anilines is 1. The highest BCUT2D eigenvalue weighted by molar-refractivity contribution is 6.00. The first-order valence-corrected chi connectivity index (χ1v) is 12.4. The summed E-state index contributed by atoms with van der Waals surface area (Å²) in [5.41, 5.74) is 2.04.